The number of hydrogen-bond donors (Lipinski definition) is 0. The monoisotopic (exact) mass is 337 g/mol. The number of benzene rings is 1. The molecule has 6 heteroatoms. The maximum Gasteiger partial charge on any atom is 0.284 e. The van der Waals surface area contributed by atoms with Crippen molar-refractivity contribution in [3.63, 3.8) is 0 Å². The first-order valence-electron chi connectivity index (χ1n) is 7.31. The molecule has 0 aliphatic carbocycles. The smallest absolute Gasteiger partial charge is 0.284 e. The summed E-state index contributed by atoms with van der Waals surface area (Å²) in [5.41, 5.74) is 3.05. The van der Waals surface area contributed by atoms with E-state index in [1.165, 1.54) is 12.1 Å². The highest BCUT2D eigenvalue weighted by Gasteiger charge is 2.13. The van der Waals surface area contributed by atoms with E-state index >= 15 is 0 Å². The van der Waals surface area contributed by atoms with Gasteiger partial charge in [-0.05, 0) is 49.7 Å². The summed E-state index contributed by atoms with van der Waals surface area (Å²) in [5.74, 6) is 0. The lowest BCUT2D eigenvalue weighted by atomic mass is 10.1. The number of aromatic nitrogens is 1. The van der Waals surface area contributed by atoms with Gasteiger partial charge in [0, 0.05) is 6.20 Å². The van der Waals surface area contributed by atoms with Crippen molar-refractivity contribution in [3.8, 4) is 6.07 Å². The predicted molar refractivity (Wildman–Crippen MR) is 90.8 cm³/mol. The van der Waals surface area contributed by atoms with E-state index in [9.17, 15) is 13.7 Å². The average Bonchev–Trinajstić information content (AvgIpc) is 2.55. The molecule has 0 saturated heterocycles. The maximum atomic E-state index is 12.6. The minimum absolute atomic E-state index is 0.139. The highest BCUT2D eigenvalue weighted by molar-refractivity contribution is 7.90. The standard InChI is InChI=1S/C18H15N3O2S/c1-13-6-8-15(9-7-13)24(22,23)20-18-11-14(2)16(12-19)17-5-3-4-10-21(17)18/h3-11H,1-2H3/b20-18-. The van der Waals surface area contributed by atoms with Crippen molar-refractivity contribution < 1.29 is 8.42 Å². The number of hydrogen-bond acceptors (Lipinski definition) is 3. The van der Waals surface area contributed by atoms with Crippen LogP contribution >= 0.6 is 0 Å². The van der Waals surface area contributed by atoms with Gasteiger partial charge >= 0.3 is 0 Å². The summed E-state index contributed by atoms with van der Waals surface area (Å²) in [7, 11) is -3.84. The molecule has 0 aliphatic heterocycles. The number of sulfonamides is 1. The van der Waals surface area contributed by atoms with Crippen LogP contribution < -0.4 is 5.49 Å². The van der Waals surface area contributed by atoms with Crippen molar-refractivity contribution in [2.75, 3.05) is 0 Å². The first kappa shape index (κ1) is 16.0. The van der Waals surface area contributed by atoms with E-state index in [0.717, 1.165) is 5.56 Å². The van der Waals surface area contributed by atoms with Crippen LogP contribution in [0.1, 0.15) is 16.7 Å². The SMILES string of the molecule is Cc1ccc(S(=O)(=O)/N=c2/cc(C)c(C#N)c3ccccn23)cc1. The molecule has 0 saturated carbocycles. The molecular weight excluding hydrogens is 322 g/mol. The Morgan fingerprint density at radius 2 is 1.79 bits per heavy atom. The molecule has 3 rings (SSSR count). The number of fused-ring (bicyclic) bond motifs is 1. The van der Waals surface area contributed by atoms with Crippen LogP contribution in [-0.4, -0.2) is 12.8 Å². The number of nitriles is 1. The van der Waals surface area contributed by atoms with Crippen molar-refractivity contribution in [3.05, 3.63) is 76.9 Å². The molecule has 24 heavy (non-hydrogen) atoms. The van der Waals surface area contributed by atoms with Gasteiger partial charge in [-0.1, -0.05) is 23.8 Å². The van der Waals surface area contributed by atoms with Crippen LogP contribution in [0.3, 0.4) is 0 Å². The molecule has 0 radical (unpaired) electrons. The second kappa shape index (κ2) is 5.95. The van der Waals surface area contributed by atoms with E-state index in [1.807, 2.05) is 6.92 Å². The fourth-order valence-corrected chi connectivity index (χ4v) is 3.46. The summed E-state index contributed by atoms with van der Waals surface area (Å²) in [6.45, 7) is 3.66. The van der Waals surface area contributed by atoms with Crippen LogP contribution in [-0.2, 0) is 10.0 Å². The van der Waals surface area contributed by atoms with Gasteiger partial charge in [-0.2, -0.15) is 13.7 Å². The van der Waals surface area contributed by atoms with Gasteiger partial charge in [0.05, 0.1) is 16.0 Å². The van der Waals surface area contributed by atoms with Crippen molar-refractivity contribution in [2.45, 2.75) is 18.7 Å². The van der Waals surface area contributed by atoms with Crippen LogP contribution in [0.15, 0.2) is 64.0 Å². The zero-order chi connectivity index (χ0) is 17.3. The van der Waals surface area contributed by atoms with Crippen molar-refractivity contribution in [1.82, 2.24) is 4.40 Å². The van der Waals surface area contributed by atoms with Gasteiger partial charge in [0.25, 0.3) is 10.0 Å². The van der Waals surface area contributed by atoms with Crippen molar-refractivity contribution in [2.24, 2.45) is 4.40 Å². The third-order valence-electron chi connectivity index (χ3n) is 3.75. The van der Waals surface area contributed by atoms with E-state index in [4.69, 9.17) is 0 Å². The number of rotatable bonds is 2. The highest BCUT2D eigenvalue weighted by atomic mass is 32.2. The van der Waals surface area contributed by atoms with E-state index in [0.29, 0.717) is 16.6 Å². The van der Waals surface area contributed by atoms with Gasteiger partial charge < -0.3 is 0 Å². The van der Waals surface area contributed by atoms with Gasteiger partial charge in [-0.25, -0.2) is 0 Å². The predicted octanol–water partition coefficient (Wildman–Crippen LogP) is 2.72. The van der Waals surface area contributed by atoms with Gasteiger partial charge in [-0.3, -0.25) is 4.40 Å². The third-order valence-corrected chi connectivity index (χ3v) is 5.04. The molecule has 0 bridgehead atoms. The first-order valence-corrected chi connectivity index (χ1v) is 8.75. The Kier molecular flexibility index (Phi) is 3.96. The highest BCUT2D eigenvalue weighted by Crippen LogP contribution is 2.14. The van der Waals surface area contributed by atoms with E-state index in [1.54, 1.807) is 53.9 Å². The number of pyridine rings is 2. The molecule has 120 valence electrons. The Balaban J connectivity index is 2.32. The molecule has 0 atom stereocenters. The van der Waals surface area contributed by atoms with Gasteiger partial charge in [0.2, 0.25) is 0 Å². The Bertz CT molecular complexity index is 1140. The molecule has 3 aromatic rings. The van der Waals surface area contributed by atoms with Gasteiger partial charge in [-0.15, -0.1) is 4.40 Å². The van der Waals surface area contributed by atoms with Gasteiger partial charge in [0.1, 0.15) is 6.07 Å². The summed E-state index contributed by atoms with van der Waals surface area (Å²) < 4.78 is 30.7. The second-order valence-electron chi connectivity index (χ2n) is 5.51. The Morgan fingerprint density at radius 3 is 2.46 bits per heavy atom. The molecular formula is C18H15N3O2S. The fraction of sp³-hybridized carbons (Fsp3) is 0.111. The van der Waals surface area contributed by atoms with Crippen LogP contribution in [0.5, 0.6) is 0 Å². The van der Waals surface area contributed by atoms with Crippen LogP contribution in [0.4, 0.5) is 0 Å². The van der Waals surface area contributed by atoms with E-state index in [-0.39, 0.29) is 10.4 Å². The molecule has 0 N–H and O–H groups in total. The molecule has 0 unspecified atom stereocenters. The minimum Gasteiger partial charge on any atom is -0.300 e. The Hall–Kier alpha value is -2.91. The van der Waals surface area contributed by atoms with Crippen LogP contribution in [0, 0.1) is 25.2 Å². The molecule has 0 spiro atoms. The molecule has 0 fully saturated rings. The quantitative estimate of drug-likeness (QED) is 0.721. The normalized spacial score (nSPS) is 12.3. The topological polar surface area (TPSA) is 74.7 Å². The van der Waals surface area contributed by atoms with Crippen molar-refractivity contribution in [1.29, 1.82) is 5.26 Å². The summed E-state index contributed by atoms with van der Waals surface area (Å²) in [6, 6.07) is 15.6. The lowest BCUT2D eigenvalue weighted by Gasteiger charge is -2.07. The average molecular weight is 337 g/mol. The zero-order valence-corrected chi connectivity index (χ0v) is 14.1. The van der Waals surface area contributed by atoms with Gasteiger partial charge in [0.15, 0.2) is 5.49 Å². The second-order valence-corrected chi connectivity index (χ2v) is 7.11. The number of nitrogens with zero attached hydrogens (tertiary/aromatic N) is 3. The molecule has 1 aromatic carbocycles. The summed E-state index contributed by atoms with van der Waals surface area (Å²) in [6.07, 6.45) is 1.69. The largest absolute Gasteiger partial charge is 0.300 e. The molecule has 5 nitrogen and oxygen atoms in total. The summed E-state index contributed by atoms with van der Waals surface area (Å²) in [5, 5.41) is 9.33. The lowest BCUT2D eigenvalue weighted by molar-refractivity contribution is 0.596. The Morgan fingerprint density at radius 1 is 1.08 bits per heavy atom. The summed E-state index contributed by atoms with van der Waals surface area (Å²) >= 11 is 0. The zero-order valence-electron chi connectivity index (χ0n) is 13.3. The molecule has 0 aliphatic rings. The maximum absolute atomic E-state index is 12.6. The minimum atomic E-state index is -3.84. The van der Waals surface area contributed by atoms with E-state index < -0.39 is 10.0 Å². The third kappa shape index (κ3) is 2.82. The van der Waals surface area contributed by atoms with Crippen LogP contribution in [0.2, 0.25) is 0 Å². The van der Waals surface area contributed by atoms with Crippen LogP contribution in [0.25, 0.3) is 5.52 Å². The van der Waals surface area contributed by atoms with Crippen molar-refractivity contribution >= 4 is 15.5 Å². The number of aryl methyl sites for hydroxylation is 2. The summed E-state index contributed by atoms with van der Waals surface area (Å²) in [4.78, 5) is 0.139. The molecule has 2 aromatic heterocycles. The van der Waals surface area contributed by atoms with E-state index in [2.05, 4.69) is 10.5 Å². The molecule has 2 heterocycles. The molecule has 0 amide bonds. The fourth-order valence-electron chi connectivity index (χ4n) is 2.49. The Labute approximate surface area is 140 Å². The lowest BCUT2D eigenvalue weighted by Crippen LogP contribution is -2.18. The first-order chi connectivity index (χ1) is 11.4.